The van der Waals surface area contributed by atoms with Gasteiger partial charge in [0.1, 0.15) is 5.75 Å². The predicted octanol–water partition coefficient (Wildman–Crippen LogP) is 3.43. The summed E-state index contributed by atoms with van der Waals surface area (Å²) in [5.74, 6) is -0.246. The van der Waals surface area contributed by atoms with Gasteiger partial charge in [0.25, 0.3) is 0 Å². The lowest BCUT2D eigenvalue weighted by atomic mass is 9.86. The van der Waals surface area contributed by atoms with Gasteiger partial charge in [-0.15, -0.1) is 0 Å². The van der Waals surface area contributed by atoms with E-state index in [2.05, 4.69) is 31.7 Å². The molecular formula is C18H27NO3. The number of hydrogen-bond donors (Lipinski definition) is 1. The molecule has 1 N–H and O–H groups in total. The van der Waals surface area contributed by atoms with E-state index >= 15 is 0 Å². The van der Waals surface area contributed by atoms with Crippen molar-refractivity contribution in [1.82, 2.24) is 4.90 Å². The van der Waals surface area contributed by atoms with Crippen molar-refractivity contribution in [2.75, 3.05) is 19.7 Å². The second-order valence-electron chi connectivity index (χ2n) is 7.09. The molecule has 0 aliphatic carbocycles. The van der Waals surface area contributed by atoms with Crippen molar-refractivity contribution >= 4 is 5.97 Å². The lowest BCUT2D eigenvalue weighted by Crippen LogP contribution is -2.29. The van der Waals surface area contributed by atoms with Crippen LogP contribution in [0.4, 0.5) is 0 Å². The highest BCUT2D eigenvalue weighted by molar-refractivity contribution is 5.68. The molecule has 0 radical (unpaired) electrons. The molecule has 1 aromatic carbocycles. The van der Waals surface area contributed by atoms with Gasteiger partial charge in [-0.2, -0.15) is 0 Å². The summed E-state index contributed by atoms with van der Waals surface area (Å²) < 4.78 is 5.48. The van der Waals surface area contributed by atoms with Crippen molar-refractivity contribution in [3.8, 4) is 5.75 Å². The molecule has 2 rings (SSSR count). The van der Waals surface area contributed by atoms with E-state index in [0.717, 1.165) is 25.2 Å². The highest BCUT2D eigenvalue weighted by atomic mass is 16.5. The third-order valence-electron chi connectivity index (χ3n) is 4.12. The van der Waals surface area contributed by atoms with Crippen molar-refractivity contribution in [3.05, 3.63) is 29.3 Å². The minimum Gasteiger partial charge on any atom is -0.482 e. The zero-order valence-electron chi connectivity index (χ0n) is 13.9. The highest BCUT2D eigenvalue weighted by Crippen LogP contribution is 2.29. The lowest BCUT2D eigenvalue weighted by molar-refractivity contribution is -0.139. The predicted molar refractivity (Wildman–Crippen MR) is 87.4 cm³/mol. The van der Waals surface area contributed by atoms with Gasteiger partial charge in [-0.1, -0.05) is 39.3 Å². The lowest BCUT2D eigenvalue weighted by Gasteiger charge is -2.28. The first-order valence-corrected chi connectivity index (χ1v) is 8.06. The second-order valence-corrected chi connectivity index (χ2v) is 7.09. The fraction of sp³-hybridized carbons (Fsp3) is 0.611. The number of carboxylic acids is 1. The maximum atomic E-state index is 10.8. The molecule has 0 unspecified atom stereocenters. The maximum Gasteiger partial charge on any atom is 0.341 e. The van der Waals surface area contributed by atoms with Gasteiger partial charge in [0.2, 0.25) is 0 Å². The summed E-state index contributed by atoms with van der Waals surface area (Å²) in [6.07, 6.45) is 3.79. The molecule has 0 bridgehead atoms. The van der Waals surface area contributed by atoms with E-state index in [1.165, 1.54) is 24.8 Å². The Bertz CT molecular complexity index is 514. The Balaban J connectivity index is 2.21. The molecule has 1 fully saturated rings. The molecular weight excluding hydrogens is 278 g/mol. The number of likely N-dealkylation sites (tertiary alicyclic amines) is 1. The van der Waals surface area contributed by atoms with Gasteiger partial charge in [-0.25, -0.2) is 4.79 Å². The Hall–Kier alpha value is -1.55. The van der Waals surface area contributed by atoms with E-state index in [4.69, 9.17) is 9.84 Å². The summed E-state index contributed by atoms with van der Waals surface area (Å²) in [5, 5.41) is 8.84. The third kappa shape index (κ3) is 4.73. The van der Waals surface area contributed by atoms with E-state index in [9.17, 15) is 4.79 Å². The van der Waals surface area contributed by atoms with Crippen molar-refractivity contribution in [1.29, 1.82) is 0 Å². The molecule has 1 aliphatic heterocycles. The average molecular weight is 305 g/mol. The first-order valence-electron chi connectivity index (χ1n) is 8.06. The fourth-order valence-electron chi connectivity index (χ4n) is 2.81. The summed E-state index contributed by atoms with van der Waals surface area (Å²) in [6.45, 7) is 9.32. The molecule has 0 saturated carbocycles. The SMILES string of the molecule is CC(C)(C)c1ccc(OCC(=O)O)c(CN2CCCCC2)c1. The van der Waals surface area contributed by atoms with E-state index in [1.54, 1.807) is 0 Å². The van der Waals surface area contributed by atoms with Gasteiger partial charge in [0.15, 0.2) is 6.61 Å². The first-order chi connectivity index (χ1) is 10.4. The molecule has 1 aliphatic rings. The number of aliphatic carboxylic acids is 1. The van der Waals surface area contributed by atoms with Crippen LogP contribution in [0.1, 0.15) is 51.2 Å². The number of piperidine rings is 1. The number of benzene rings is 1. The molecule has 1 aromatic rings. The van der Waals surface area contributed by atoms with Crippen molar-refractivity contribution in [2.45, 2.75) is 52.0 Å². The molecule has 22 heavy (non-hydrogen) atoms. The quantitative estimate of drug-likeness (QED) is 0.905. The van der Waals surface area contributed by atoms with Crippen LogP contribution in [0, 0.1) is 0 Å². The normalized spacial score (nSPS) is 16.5. The molecule has 4 nitrogen and oxygen atoms in total. The van der Waals surface area contributed by atoms with E-state index in [1.807, 2.05) is 12.1 Å². The molecule has 4 heteroatoms. The van der Waals surface area contributed by atoms with Crippen LogP contribution in [0.15, 0.2) is 18.2 Å². The summed E-state index contributed by atoms with van der Waals surface area (Å²) >= 11 is 0. The van der Waals surface area contributed by atoms with Crippen molar-refractivity contribution < 1.29 is 14.6 Å². The Morgan fingerprint density at radius 1 is 1.23 bits per heavy atom. The minimum absolute atomic E-state index is 0.0714. The molecule has 122 valence electrons. The topological polar surface area (TPSA) is 49.8 Å². The second kappa shape index (κ2) is 7.14. The standard InChI is InChI=1S/C18H27NO3/c1-18(2,3)15-7-8-16(22-13-17(20)21)14(11-15)12-19-9-5-4-6-10-19/h7-8,11H,4-6,9-10,12-13H2,1-3H3,(H,20,21). The summed E-state index contributed by atoms with van der Waals surface area (Å²) in [6, 6.07) is 6.13. The molecule has 0 atom stereocenters. The number of carbonyl (C=O) groups is 1. The fourth-order valence-corrected chi connectivity index (χ4v) is 2.81. The molecule has 0 aromatic heterocycles. The Labute approximate surface area is 133 Å². The van der Waals surface area contributed by atoms with Crippen LogP contribution in [0.25, 0.3) is 0 Å². The minimum atomic E-state index is -0.941. The van der Waals surface area contributed by atoms with Gasteiger partial charge in [-0.3, -0.25) is 4.90 Å². The van der Waals surface area contributed by atoms with Crippen LogP contribution >= 0.6 is 0 Å². The van der Waals surface area contributed by atoms with E-state index in [-0.39, 0.29) is 12.0 Å². The van der Waals surface area contributed by atoms with Gasteiger partial charge < -0.3 is 9.84 Å². The molecule has 0 spiro atoms. The van der Waals surface area contributed by atoms with Crippen LogP contribution in [-0.2, 0) is 16.8 Å². The summed E-state index contributed by atoms with van der Waals surface area (Å²) in [7, 11) is 0. The van der Waals surface area contributed by atoms with Crippen LogP contribution in [0.3, 0.4) is 0 Å². The third-order valence-corrected chi connectivity index (χ3v) is 4.12. The van der Waals surface area contributed by atoms with Gasteiger partial charge in [0.05, 0.1) is 0 Å². The van der Waals surface area contributed by atoms with Crippen LogP contribution in [0.5, 0.6) is 5.75 Å². The zero-order chi connectivity index (χ0) is 16.2. The number of rotatable bonds is 5. The Morgan fingerprint density at radius 3 is 2.50 bits per heavy atom. The smallest absolute Gasteiger partial charge is 0.341 e. The average Bonchev–Trinajstić information content (AvgIpc) is 2.46. The van der Waals surface area contributed by atoms with Crippen molar-refractivity contribution in [2.24, 2.45) is 0 Å². The maximum absolute atomic E-state index is 10.8. The van der Waals surface area contributed by atoms with Crippen molar-refractivity contribution in [3.63, 3.8) is 0 Å². The monoisotopic (exact) mass is 305 g/mol. The Morgan fingerprint density at radius 2 is 1.91 bits per heavy atom. The van der Waals surface area contributed by atoms with Crippen LogP contribution in [0.2, 0.25) is 0 Å². The van der Waals surface area contributed by atoms with E-state index < -0.39 is 5.97 Å². The largest absolute Gasteiger partial charge is 0.482 e. The number of hydrogen-bond acceptors (Lipinski definition) is 3. The van der Waals surface area contributed by atoms with Crippen LogP contribution < -0.4 is 4.74 Å². The number of carboxylic acid groups (broad SMARTS) is 1. The van der Waals surface area contributed by atoms with Gasteiger partial charge in [0, 0.05) is 12.1 Å². The summed E-state index contributed by atoms with van der Waals surface area (Å²) in [5.41, 5.74) is 2.42. The van der Waals surface area contributed by atoms with Gasteiger partial charge in [-0.05, 0) is 43.0 Å². The highest BCUT2D eigenvalue weighted by Gasteiger charge is 2.18. The number of nitrogens with zero attached hydrogens (tertiary/aromatic N) is 1. The molecule has 0 amide bonds. The Kier molecular flexibility index (Phi) is 5.46. The molecule has 1 heterocycles. The van der Waals surface area contributed by atoms with Crippen LogP contribution in [-0.4, -0.2) is 35.7 Å². The molecule has 1 saturated heterocycles. The zero-order valence-corrected chi connectivity index (χ0v) is 13.9. The number of ether oxygens (including phenoxy) is 1. The summed E-state index contributed by atoms with van der Waals surface area (Å²) in [4.78, 5) is 13.2. The first kappa shape index (κ1) is 16.8. The van der Waals surface area contributed by atoms with Gasteiger partial charge >= 0.3 is 5.97 Å². The van der Waals surface area contributed by atoms with E-state index in [0.29, 0.717) is 5.75 Å².